The number of hydrogen-bond donors (Lipinski definition) is 1. The van der Waals surface area contributed by atoms with Crippen molar-refractivity contribution in [2.45, 2.75) is 6.61 Å². The molecule has 7 nitrogen and oxygen atoms in total. The minimum absolute atomic E-state index is 0.0122. The van der Waals surface area contributed by atoms with Gasteiger partial charge < -0.3 is 9.47 Å². The van der Waals surface area contributed by atoms with Crippen molar-refractivity contribution in [2.24, 2.45) is 0 Å². The number of carbonyl (C=O) groups excluding carboxylic acids is 3. The van der Waals surface area contributed by atoms with Crippen molar-refractivity contribution in [2.75, 3.05) is 12.0 Å². The van der Waals surface area contributed by atoms with E-state index in [1.807, 2.05) is 30.3 Å². The maximum Gasteiger partial charge on any atom is 0.335 e. The van der Waals surface area contributed by atoms with Gasteiger partial charge >= 0.3 is 6.03 Å². The Balaban J connectivity index is 1.60. The molecule has 0 atom stereocenters. The van der Waals surface area contributed by atoms with E-state index in [0.29, 0.717) is 28.6 Å². The molecule has 3 aromatic rings. The zero-order valence-corrected chi connectivity index (χ0v) is 17.6. The van der Waals surface area contributed by atoms with E-state index in [1.54, 1.807) is 18.2 Å². The number of nitrogens with one attached hydrogen (secondary N) is 1. The van der Waals surface area contributed by atoms with E-state index in [-0.39, 0.29) is 11.3 Å². The molecular formula is C25H19FN2O5. The molecule has 1 N–H and O–H groups in total. The molecule has 0 radical (unpaired) electrons. The van der Waals surface area contributed by atoms with Gasteiger partial charge in [0, 0.05) is 0 Å². The highest BCUT2D eigenvalue weighted by atomic mass is 19.1. The number of rotatable bonds is 6. The highest BCUT2D eigenvalue weighted by Gasteiger charge is 2.37. The predicted molar refractivity (Wildman–Crippen MR) is 119 cm³/mol. The Labute approximate surface area is 189 Å². The number of hydrogen-bond acceptors (Lipinski definition) is 5. The van der Waals surface area contributed by atoms with Crippen molar-refractivity contribution in [1.29, 1.82) is 0 Å². The van der Waals surface area contributed by atoms with Crippen LogP contribution in [0.1, 0.15) is 11.1 Å². The SMILES string of the molecule is COc1cc(/C=C2\C(=O)NC(=O)N(c3cccc(F)c3)C2=O)ccc1OCc1ccccc1. The number of imide groups is 2. The van der Waals surface area contributed by atoms with Crippen LogP contribution in [0, 0.1) is 5.82 Å². The summed E-state index contributed by atoms with van der Waals surface area (Å²) in [5, 5.41) is 2.11. The molecule has 1 saturated heterocycles. The van der Waals surface area contributed by atoms with Gasteiger partial charge in [0.2, 0.25) is 0 Å². The fourth-order valence-corrected chi connectivity index (χ4v) is 3.30. The summed E-state index contributed by atoms with van der Waals surface area (Å²) in [6.45, 7) is 0.337. The first-order valence-corrected chi connectivity index (χ1v) is 9.98. The molecule has 0 aromatic heterocycles. The van der Waals surface area contributed by atoms with Gasteiger partial charge in [0.25, 0.3) is 11.8 Å². The number of carbonyl (C=O) groups is 3. The fraction of sp³-hybridized carbons (Fsp3) is 0.0800. The molecule has 0 unspecified atom stereocenters. The van der Waals surface area contributed by atoms with Gasteiger partial charge in [-0.3, -0.25) is 14.9 Å². The predicted octanol–water partition coefficient (Wildman–Crippen LogP) is 4.08. The van der Waals surface area contributed by atoms with Crippen molar-refractivity contribution in [3.05, 3.63) is 95.3 Å². The third-order valence-corrected chi connectivity index (χ3v) is 4.90. The molecule has 0 saturated carbocycles. The summed E-state index contributed by atoms with van der Waals surface area (Å²) < 4.78 is 24.8. The second-order valence-electron chi connectivity index (χ2n) is 7.12. The van der Waals surface area contributed by atoms with Crippen LogP contribution in [0.25, 0.3) is 6.08 Å². The zero-order chi connectivity index (χ0) is 23.4. The maximum atomic E-state index is 13.6. The van der Waals surface area contributed by atoms with Crippen LogP contribution in [-0.2, 0) is 16.2 Å². The average molecular weight is 446 g/mol. The van der Waals surface area contributed by atoms with Crippen LogP contribution in [0.4, 0.5) is 14.9 Å². The van der Waals surface area contributed by atoms with Crippen molar-refractivity contribution < 1.29 is 28.2 Å². The van der Waals surface area contributed by atoms with Gasteiger partial charge in [-0.1, -0.05) is 42.5 Å². The molecule has 166 valence electrons. The lowest BCUT2D eigenvalue weighted by molar-refractivity contribution is -0.122. The average Bonchev–Trinajstić information content (AvgIpc) is 2.81. The number of amides is 4. The number of anilines is 1. The molecule has 0 spiro atoms. The lowest BCUT2D eigenvalue weighted by atomic mass is 10.1. The summed E-state index contributed by atoms with van der Waals surface area (Å²) in [5.74, 6) is -1.44. The van der Waals surface area contributed by atoms with Crippen LogP contribution in [0.3, 0.4) is 0 Å². The molecule has 0 aliphatic carbocycles. The van der Waals surface area contributed by atoms with Crippen molar-refractivity contribution in [1.82, 2.24) is 5.32 Å². The number of benzene rings is 3. The number of halogens is 1. The van der Waals surface area contributed by atoms with Gasteiger partial charge in [0.15, 0.2) is 11.5 Å². The van der Waals surface area contributed by atoms with Gasteiger partial charge in [-0.25, -0.2) is 14.1 Å². The fourth-order valence-electron chi connectivity index (χ4n) is 3.30. The molecule has 4 rings (SSSR count). The van der Waals surface area contributed by atoms with E-state index < -0.39 is 23.7 Å². The highest BCUT2D eigenvalue weighted by Crippen LogP contribution is 2.30. The number of ether oxygens (including phenoxy) is 2. The van der Waals surface area contributed by atoms with Crippen LogP contribution in [-0.4, -0.2) is 25.0 Å². The van der Waals surface area contributed by atoms with Crippen molar-refractivity contribution in [3.8, 4) is 11.5 Å². The van der Waals surface area contributed by atoms with Crippen LogP contribution in [0.2, 0.25) is 0 Å². The minimum atomic E-state index is -0.949. The molecule has 1 aliphatic heterocycles. The summed E-state index contributed by atoms with van der Waals surface area (Å²) in [6.07, 6.45) is 1.33. The Kier molecular flexibility index (Phi) is 6.17. The third kappa shape index (κ3) is 4.74. The highest BCUT2D eigenvalue weighted by molar-refractivity contribution is 6.39. The topological polar surface area (TPSA) is 84.9 Å². The Morgan fingerprint density at radius 1 is 0.939 bits per heavy atom. The van der Waals surface area contributed by atoms with Crippen LogP contribution < -0.4 is 19.7 Å². The Morgan fingerprint density at radius 2 is 1.73 bits per heavy atom. The van der Waals surface area contributed by atoms with E-state index in [1.165, 1.54) is 31.4 Å². The second kappa shape index (κ2) is 9.35. The Hall–Kier alpha value is -4.46. The maximum absolute atomic E-state index is 13.6. The van der Waals surface area contributed by atoms with Crippen LogP contribution >= 0.6 is 0 Å². The standard InChI is InChI=1S/C25H19FN2O5/c1-32-22-13-17(10-11-21(22)33-15-16-6-3-2-4-7-16)12-20-23(29)27-25(31)28(24(20)30)19-9-5-8-18(26)14-19/h2-14H,15H2,1H3,(H,27,29,31)/b20-12+. The lowest BCUT2D eigenvalue weighted by Gasteiger charge is -2.26. The molecule has 0 bridgehead atoms. The normalized spacial score (nSPS) is 14.9. The number of barbiturate groups is 1. The molecule has 3 aromatic carbocycles. The summed E-state index contributed by atoms with van der Waals surface area (Å²) in [6, 6.07) is 18.6. The molecule has 1 heterocycles. The van der Waals surface area contributed by atoms with Gasteiger partial charge in [-0.15, -0.1) is 0 Å². The van der Waals surface area contributed by atoms with E-state index in [2.05, 4.69) is 5.32 Å². The first kappa shape index (κ1) is 21.8. The summed E-state index contributed by atoms with van der Waals surface area (Å²) in [4.78, 5) is 38.3. The van der Waals surface area contributed by atoms with E-state index in [9.17, 15) is 18.8 Å². The molecule has 33 heavy (non-hydrogen) atoms. The number of methoxy groups -OCH3 is 1. The van der Waals surface area contributed by atoms with Crippen molar-refractivity contribution >= 4 is 29.6 Å². The van der Waals surface area contributed by atoms with Crippen molar-refractivity contribution in [3.63, 3.8) is 0 Å². The molecule has 1 fully saturated rings. The third-order valence-electron chi connectivity index (χ3n) is 4.90. The quantitative estimate of drug-likeness (QED) is 0.456. The number of urea groups is 1. The monoisotopic (exact) mass is 446 g/mol. The largest absolute Gasteiger partial charge is 0.493 e. The summed E-state index contributed by atoms with van der Waals surface area (Å²) >= 11 is 0. The van der Waals surface area contributed by atoms with E-state index in [0.717, 1.165) is 11.6 Å². The van der Waals surface area contributed by atoms with Crippen LogP contribution in [0.15, 0.2) is 78.4 Å². The molecule has 1 aliphatic rings. The zero-order valence-electron chi connectivity index (χ0n) is 17.6. The summed E-state index contributed by atoms with van der Waals surface area (Å²) in [7, 11) is 1.48. The van der Waals surface area contributed by atoms with E-state index in [4.69, 9.17) is 9.47 Å². The van der Waals surface area contributed by atoms with E-state index >= 15 is 0 Å². The van der Waals surface area contributed by atoms with Gasteiger partial charge in [0.05, 0.1) is 12.8 Å². The first-order valence-electron chi connectivity index (χ1n) is 9.98. The smallest absolute Gasteiger partial charge is 0.335 e. The lowest BCUT2D eigenvalue weighted by Crippen LogP contribution is -2.54. The first-order chi connectivity index (χ1) is 16.0. The van der Waals surface area contributed by atoms with Gasteiger partial charge in [-0.2, -0.15) is 0 Å². The Morgan fingerprint density at radius 3 is 2.45 bits per heavy atom. The molecular weight excluding hydrogens is 427 g/mol. The Bertz CT molecular complexity index is 1260. The minimum Gasteiger partial charge on any atom is -0.493 e. The molecule has 4 amide bonds. The van der Waals surface area contributed by atoms with Gasteiger partial charge in [-0.05, 0) is 47.5 Å². The van der Waals surface area contributed by atoms with Crippen LogP contribution in [0.5, 0.6) is 11.5 Å². The molecule has 8 heteroatoms. The van der Waals surface area contributed by atoms with Gasteiger partial charge in [0.1, 0.15) is 18.0 Å². The summed E-state index contributed by atoms with van der Waals surface area (Å²) in [5.41, 5.74) is 1.19. The number of nitrogens with zero attached hydrogens (tertiary/aromatic N) is 1. The second-order valence-corrected chi connectivity index (χ2v) is 7.12.